The molecule has 0 saturated carbocycles. The van der Waals surface area contributed by atoms with Crippen LogP contribution in [0, 0.1) is 0 Å². The Morgan fingerprint density at radius 2 is 1.95 bits per heavy atom. The number of carboxylic acids is 1. The maximum absolute atomic E-state index is 11.2. The van der Waals surface area contributed by atoms with Gasteiger partial charge in [0.25, 0.3) is 0 Å². The van der Waals surface area contributed by atoms with Crippen molar-refractivity contribution < 1.29 is 9.90 Å². The Morgan fingerprint density at radius 1 is 1.20 bits per heavy atom. The van der Waals surface area contributed by atoms with E-state index >= 15 is 0 Å². The van der Waals surface area contributed by atoms with Crippen LogP contribution in [0.4, 0.5) is 0 Å². The van der Waals surface area contributed by atoms with Gasteiger partial charge in [0, 0.05) is 12.6 Å². The predicted octanol–water partition coefficient (Wildman–Crippen LogP) is 3.28. The van der Waals surface area contributed by atoms with E-state index in [1.165, 1.54) is 6.07 Å². The predicted molar refractivity (Wildman–Crippen MR) is 76.4 cm³/mol. The fourth-order valence-corrected chi connectivity index (χ4v) is 2.52. The molecule has 1 aromatic carbocycles. The summed E-state index contributed by atoms with van der Waals surface area (Å²) >= 11 is 6.10. The van der Waals surface area contributed by atoms with Gasteiger partial charge in [0.05, 0.1) is 11.1 Å². The van der Waals surface area contributed by atoms with Crippen LogP contribution < -0.4 is 0 Å². The van der Waals surface area contributed by atoms with Crippen LogP contribution in [0.5, 0.6) is 0 Å². The van der Waals surface area contributed by atoms with Crippen molar-refractivity contribution in [2.75, 3.05) is 0 Å². The average molecular weight is 287 g/mol. The minimum Gasteiger partial charge on any atom is -0.478 e. The van der Waals surface area contributed by atoms with Crippen LogP contribution in [0.15, 0.2) is 48.7 Å². The molecule has 0 amide bonds. The first-order valence-electron chi connectivity index (χ1n) is 6.09. The van der Waals surface area contributed by atoms with Gasteiger partial charge in [-0.3, -0.25) is 0 Å². The second-order valence-corrected chi connectivity index (χ2v) is 4.78. The summed E-state index contributed by atoms with van der Waals surface area (Å²) in [6.07, 6.45) is 2.37. The Bertz CT molecular complexity index is 781. The quantitative estimate of drug-likeness (QED) is 0.804. The fourth-order valence-electron chi connectivity index (χ4n) is 2.23. The lowest BCUT2D eigenvalue weighted by molar-refractivity contribution is 0.0698. The Morgan fingerprint density at radius 3 is 2.65 bits per heavy atom. The molecule has 2 aromatic heterocycles. The van der Waals surface area contributed by atoms with Crippen molar-refractivity contribution in [3.63, 3.8) is 0 Å². The third kappa shape index (κ3) is 2.14. The Balaban J connectivity index is 2.14. The Labute approximate surface area is 120 Å². The lowest BCUT2D eigenvalue weighted by atomic mass is 10.1. The van der Waals surface area contributed by atoms with Gasteiger partial charge >= 0.3 is 5.97 Å². The molecule has 0 atom stereocenters. The molecule has 4 nitrogen and oxygen atoms in total. The van der Waals surface area contributed by atoms with Crippen LogP contribution in [-0.4, -0.2) is 20.5 Å². The molecular formula is C15H11ClN2O2. The van der Waals surface area contributed by atoms with E-state index in [1.807, 2.05) is 30.3 Å². The van der Waals surface area contributed by atoms with Crippen molar-refractivity contribution in [1.82, 2.24) is 9.38 Å². The standard InChI is InChI=1S/C15H11ClN2O2/c16-14-13-11(15(19)20)7-4-8-18(13)12(17-14)9-10-5-2-1-3-6-10/h1-8H,9H2,(H,19,20). The average Bonchev–Trinajstić information content (AvgIpc) is 2.77. The molecular weight excluding hydrogens is 276 g/mol. The zero-order valence-electron chi connectivity index (χ0n) is 10.5. The summed E-state index contributed by atoms with van der Waals surface area (Å²) in [6, 6.07) is 13.1. The molecule has 1 N–H and O–H groups in total. The van der Waals surface area contributed by atoms with Crippen LogP contribution >= 0.6 is 11.6 Å². The normalized spacial score (nSPS) is 10.8. The van der Waals surface area contributed by atoms with Crippen molar-refractivity contribution in [1.29, 1.82) is 0 Å². The SMILES string of the molecule is O=C(O)c1cccn2c(Cc3ccccc3)nc(Cl)c12. The molecule has 0 fully saturated rings. The van der Waals surface area contributed by atoms with Crippen LogP contribution in [0.1, 0.15) is 21.7 Å². The summed E-state index contributed by atoms with van der Waals surface area (Å²) < 4.78 is 1.73. The van der Waals surface area contributed by atoms with Crippen molar-refractivity contribution in [2.24, 2.45) is 0 Å². The molecule has 100 valence electrons. The third-order valence-corrected chi connectivity index (χ3v) is 3.39. The number of aromatic carboxylic acids is 1. The van der Waals surface area contributed by atoms with E-state index in [-0.39, 0.29) is 10.7 Å². The highest BCUT2D eigenvalue weighted by Gasteiger charge is 2.16. The summed E-state index contributed by atoms with van der Waals surface area (Å²) in [6.45, 7) is 0. The first-order chi connectivity index (χ1) is 9.66. The van der Waals surface area contributed by atoms with Crippen molar-refractivity contribution in [3.05, 3.63) is 70.8 Å². The highest BCUT2D eigenvalue weighted by atomic mass is 35.5. The number of halogens is 1. The molecule has 0 unspecified atom stereocenters. The van der Waals surface area contributed by atoms with E-state index in [4.69, 9.17) is 11.6 Å². The zero-order valence-corrected chi connectivity index (χ0v) is 11.2. The molecule has 0 aliphatic heterocycles. The first kappa shape index (κ1) is 12.7. The fraction of sp³-hybridized carbons (Fsp3) is 0.0667. The minimum atomic E-state index is -1.01. The van der Waals surface area contributed by atoms with Gasteiger partial charge in [-0.15, -0.1) is 0 Å². The zero-order chi connectivity index (χ0) is 14.1. The second-order valence-electron chi connectivity index (χ2n) is 4.43. The summed E-state index contributed by atoms with van der Waals surface area (Å²) in [7, 11) is 0. The van der Waals surface area contributed by atoms with Crippen molar-refractivity contribution in [2.45, 2.75) is 6.42 Å². The number of fused-ring (bicyclic) bond motifs is 1. The molecule has 3 rings (SSSR count). The molecule has 2 heterocycles. The monoisotopic (exact) mass is 286 g/mol. The molecule has 20 heavy (non-hydrogen) atoms. The summed E-state index contributed by atoms with van der Waals surface area (Å²) in [5.74, 6) is -0.289. The third-order valence-electron chi connectivity index (χ3n) is 3.13. The smallest absolute Gasteiger partial charge is 0.337 e. The second kappa shape index (κ2) is 4.98. The van der Waals surface area contributed by atoms with Gasteiger partial charge in [0.15, 0.2) is 5.15 Å². The first-order valence-corrected chi connectivity index (χ1v) is 6.47. The molecule has 0 aliphatic carbocycles. The van der Waals surface area contributed by atoms with Gasteiger partial charge < -0.3 is 9.51 Å². The number of carbonyl (C=O) groups is 1. The number of imidazole rings is 1. The van der Waals surface area contributed by atoms with Crippen LogP contribution in [0.3, 0.4) is 0 Å². The molecule has 3 aromatic rings. The van der Waals surface area contributed by atoms with Gasteiger partial charge in [-0.2, -0.15) is 0 Å². The highest BCUT2D eigenvalue weighted by molar-refractivity contribution is 6.33. The summed E-state index contributed by atoms with van der Waals surface area (Å²) in [5, 5.41) is 9.42. The van der Waals surface area contributed by atoms with Gasteiger partial charge in [-0.25, -0.2) is 9.78 Å². The van der Waals surface area contributed by atoms with E-state index in [2.05, 4.69) is 4.98 Å². The molecule has 5 heteroatoms. The van der Waals surface area contributed by atoms with Gasteiger partial charge in [-0.1, -0.05) is 41.9 Å². The van der Waals surface area contributed by atoms with E-state index < -0.39 is 5.97 Å². The molecule has 0 spiro atoms. The Hall–Kier alpha value is -2.33. The van der Waals surface area contributed by atoms with Crippen molar-refractivity contribution in [3.8, 4) is 0 Å². The van der Waals surface area contributed by atoms with Gasteiger partial charge in [0.1, 0.15) is 5.82 Å². The van der Waals surface area contributed by atoms with Crippen LogP contribution in [-0.2, 0) is 6.42 Å². The number of nitrogens with zero attached hydrogens (tertiary/aromatic N) is 2. The van der Waals surface area contributed by atoms with E-state index in [1.54, 1.807) is 16.7 Å². The Kier molecular flexibility index (Phi) is 3.16. The number of benzene rings is 1. The molecule has 0 aliphatic rings. The number of hydrogen-bond donors (Lipinski definition) is 1. The van der Waals surface area contributed by atoms with Crippen LogP contribution in [0.2, 0.25) is 5.15 Å². The number of rotatable bonds is 3. The number of pyridine rings is 1. The summed E-state index contributed by atoms with van der Waals surface area (Å²) in [4.78, 5) is 15.5. The van der Waals surface area contributed by atoms with Crippen LogP contribution in [0.25, 0.3) is 5.52 Å². The van der Waals surface area contributed by atoms with E-state index in [0.29, 0.717) is 11.9 Å². The molecule has 0 saturated heterocycles. The topological polar surface area (TPSA) is 54.6 Å². The largest absolute Gasteiger partial charge is 0.478 e. The number of aromatic nitrogens is 2. The van der Waals surface area contributed by atoms with Gasteiger partial charge in [0.2, 0.25) is 0 Å². The lowest BCUT2D eigenvalue weighted by Crippen LogP contribution is -2.01. The highest BCUT2D eigenvalue weighted by Crippen LogP contribution is 2.23. The van der Waals surface area contributed by atoms with Crippen molar-refractivity contribution >= 4 is 23.1 Å². The molecule has 0 radical (unpaired) electrons. The minimum absolute atomic E-state index is 0.157. The lowest BCUT2D eigenvalue weighted by Gasteiger charge is -2.03. The number of hydrogen-bond acceptors (Lipinski definition) is 2. The number of carboxylic acid groups (broad SMARTS) is 1. The van der Waals surface area contributed by atoms with E-state index in [0.717, 1.165) is 11.4 Å². The van der Waals surface area contributed by atoms with E-state index in [9.17, 15) is 9.90 Å². The van der Waals surface area contributed by atoms with Gasteiger partial charge in [-0.05, 0) is 17.7 Å². The summed E-state index contributed by atoms with van der Waals surface area (Å²) in [5.41, 5.74) is 1.69. The maximum atomic E-state index is 11.2. The maximum Gasteiger partial charge on any atom is 0.337 e. The molecule has 0 bridgehead atoms.